The zero-order chi connectivity index (χ0) is 14.2. The Hall–Kier alpha value is -1.33. The van der Waals surface area contributed by atoms with Crippen LogP contribution in [0.2, 0.25) is 10.0 Å². The van der Waals surface area contributed by atoms with E-state index in [1.807, 2.05) is 0 Å². The highest BCUT2D eigenvalue weighted by molar-refractivity contribution is 6.39. The van der Waals surface area contributed by atoms with Crippen LogP contribution in [0.25, 0.3) is 11.3 Å². The molecular formula is C12H8Cl2F3NO. The van der Waals surface area contributed by atoms with Gasteiger partial charge in [-0.05, 0) is 12.1 Å². The summed E-state index contributed by atoms with van der Waals surface area (Å²) in [6.07, 6.45) is -2.93. The van der Waals surface area contributed by atoms with Crippen molar-refractivity contribution >= 4 is 23.2 Å². The number of alkyl halides is 3. The van der Waals surface area contributed by atoms with E-state index in [9.17, 15) is 13.2 Å². The van der Waals surface area contributed by atoms with Crippen LogP contribution < -0.4 is 4.74 Å². The van der Waals surface area contributed by atoms with E-state index >= 15 is 0 Å². The predicted octanol–water partition coefficient (Wildman–Crippen LogP) is 5.02. The molecule has 102 valence electrons. The van der Waals surface area contributed by atoms with E-state index in [2.05, 4.69) is 4.98 Å². The molecule has 1 N–H and O–H groups in total. The van der Waals surface area contributed by atoms with Crippen molar-refractivity contribution in [1.82, 2.24) is 4.98 Å². The van der Waals surface area contributed by atoms with E-state index in [1.54, 1.807) is 12.3 Å². The average Bonchev–Trinajstić information content (AvgIpc) is 2.75. The summed E-state index contributed by atoms with van der Waals surface area (Å²) in [5.74, 6) is 0.530. The van der Waals surface area contributed by atoms with Crippen LogP contribution in [0, 0.1) is 0 Å². The van der Waals surface area contributed by atoms with Gasteiger partial charge in [-0.15, -0.1) is 0 Å². The topological polar surface area (TPSA) is 25.0 Å². The molecule has 1 aromatic carbocycles. The van der Waals surface area contributed by atoms with E-state index in [4.69, 9.17) is 27.9 Å². The third kappa shape index (κ3) is 2.82. The number of rotatable bonds is 2. The Morgan fingerprint density at radius 3 is 2.11 bits per heavy atom. The lowest BCUT2D eigenvalue weighted by Gasteiger charge is -2.11. The molecule has 7 heteroatoms. The Kier molecular flexibility index (Phi) is 3.69. The van der Waals surface area contributed by atoms with Crippen LogP contribution in [-0.4, -0.2) is 12.1 Å². The van der Waals surface area contributed by atoms with Gasteiger partial charge in [-0.1, -0.05) is 23.2 Å². The molecule has 0 saturated carbocycles. The van der Waals surface area contributed by atoms with Crippen LogP contribution in [0.15, 0.2) is 24.4 Å². The van der Waals surface area contributed by atoms with Gasteiger partial charge in [-0.3, -0.25) is 0 Å². The number of methoxy groups -OCH3 is 1. The molecule has 0 amide bonds. The summed E-state index contributed by atoms with van der Waals surface area (Å²) >= 11 is 11.8. The monoisotopic (exact) mass is 309 g/mol. The molecule has 2 aromatic rings. The fourth-order valence-electron chi connectivity index (χ4n) is 1.63. The van der Waals surface area contributed by atoms with Crippen LogP contribution in [-0.2, 0) is 6.18 Å². The van der Waals surface area contributed by atoms with Gasteiger partial charge in [0.25, 0.3) is 0 Å². The maximum Gasteiger partial charge on any atom is 0.416 e. The summed E-state index contributed by atoms with van der Waals surface area (Å²) in [5.41, 5.74) is -0.0926. The first-order valence-electron chi connectivity index (χ1n) is 5.12. The molecule has 0 aliphatic carbocycles. The highest BCUT2D eigenvalue weighted by atomic mass is 35.5. The number of H-pyrrole nitrogens is 1. The minimum Gasteiger partial charge on any atom is -0.495 e. The molecule has 2 rings (SSSR count). The molecule has 0 radical (unpaired) electrons. The van der Waals surface area contributed by atoms with Gasteiger partial charge in [0, 0.05) is 17.8 Å². The minimum absolute atomic E-state index is 0.0793. The van der Waals surface area contributed by atoms with Crippen molar-refractivity contribution in [3.8, 4) is 17.0 Å². The van der Waals surface area contributed by atoms with Crippen molar-refractivity contribution in [2.75, 3.05) is 7.11 Å². The van der Waals surface area contributed by atoms with Crippen LogP contribution in [0.3, 0.4) is 0 Å². The highest BCUT2D eigenvalue weighted by Crippen LogP contribution is 2.40. The Balaban J connectivity index is 2.53. The van der Waals surface area contributed by atoms with Crippen LogP contribution >= 0.6 is 23.2 Å². The van der Waals surface area contributed by atoms with Gasteiger partial charge in [0.2, 0.25) is 0 Å². The Labute approximate surface area is 117 Å². The molecule has 19 heavy (non-hydrogen) atoms. The van der Waals surface area contributed by atoms with Gasteiger partial charge in [0.15, 0.2) is 0 Å². The van der Waals surface area contributed by atoms with Crippen LogP contribution in [0.4, 0.5) is 13.2 Å². The number of benzene rings is 1. The van der Waals surface area contributed by atoms with E-state index in [0.717, 1.165) is 12.1 Å². The maximum absolute atomic E-state index is 12.6. The first-order valence-corrected chi connectivity index (χ1v) is 5.87. The second kappa shape index (κ2) is 4.98. The fourth-order valence-corrected chi connectivity index (χ4v) is 2.32. The van der Waals surface area contributed by atoms with Gasteiger partial charge < -0.3 is 9.72 Å². The molecule has 0 unspecified atom stereocenters. The molecule has 1 aromatic heterocycles. The van der Waals surface area contributed by atoms with Crippen molar-refractivity contribution < 1.29 is 17.9 Å². The van der Waals surface area contributed by atoms with Crippen LogP contribution in [0.1, 0.15) is 5.56 Å². The lowest BCUT2D eigenvalue weighted by atomic mass is 10.1. The summed E-state index contributed by atoms with van der Waals surface area (Å²) in [4.78, 5) is 2.84. The van der Waals surface area contributed by atoms with Gasteiger partial charge in [-0.25, -0.2) is 0 Å². The smallest absolute Gasteiger partial charge is 0.416 e. The molecule has 0 fully saturated rings. The average molecular weight is 310 g/mol. The quantitative estimate of drug-likeness (QED) is 0.828. The number of ether oxygens (including phenoxy) is 1. The van der Waals surface area contributed by atoms with E-state index in [1.165, 1.54) is 7.11 Å². The Morgan fingerprint density at radius 2 is 1.68 bits per heavy atom. The number of hydrogen-bond acceptors (Lipinski definition) is 1. The van der Waals surface area contributed by atoms with Crippen LogP contribution in [0.5, 0.6) is 5.75 Å². The van der Waals surface area contributed by atoms with E-state index in [0.29, 0.717) is 17.0 Å². The zero-order valence-corrected chi connectivity index (χ0v) is 11.1. The summed E-state index contributed by atoms with van der Waals surface area (Å²) in [6.45, 7) is 0. The predicted molar refractivity (Wildman–Crippen MR) is 67.8 cm³/mol. The van der Waals surface area contributed by atoms with Crippen molar-refractivity contribution in [2.24, 2.45) is 0 Å². The Bertz CT molecular complexity index is 584. The largest absolute Gasteiger partial charge is 0.495 e. The summed E-state index contributed by atoms with van der Waals surface area (Å²) in [7, 11) is 1.48. The van der Waals surface area contributed by atoms with E-state index < -0.39 is 11.7 Å². The van der Waals surface area contributed by atoms with Crippen molar-refractivity contribution in [1.29, 1.82) is 0 Å². The second-order valence-corrected chi connectivity index (χ2v) is 4.58. The summed E-state index contributed by atoms with van der Waals surface area (Å²) < 4.78 is 42.8. The molecule has 0 atom stereocenters. The highest BCUT2D eigenvalue weighted by Gasteiger charge is 2.32. The molecule has 2 nitrogen and oxygen atoms in total. The fraction of sp³-hybridized carbons (Fsp3) is 0.167. The summed E-state index contributed by atoms with van der Waals surface area (Å²) in [6, 6.07) is 3.28. The lowest BCUT2D eigenvalue weighted by molar-refractivity contribution is -0.137. The standard InChI is InChI=1S/C12H8Cl2F3NO/c1-19-7-4-10(18-5-7)11-8(13)2-6(3-9(11)14)12(15,16)17/h2-5,18H,1H3. The molecule has 0 spiro atoms. The van der Waals surface area contributed by atoms with Crippen molar-refractivity contribution in [3.05, 3.63) is 40.0 Å². The Morgan fingerprint density at radius 1 is 1.11 bits per heavy atom. The van der Waals surface area contributed by atoms with Gasteiger partial charge >= 0.3 is 6.18 Å². The molecule has 0 aliphatic rings. The number of aromatic amines is 1. The third-order valence-corrected chi connectivity index (χ3v) is 3.13. The molecular weight excluding hydrogens is 302 g/mol. The number of hydrogen-bond donors (Lipinski definition) is 1. The SMILES string of the molecule is COc1c[nH]c(-c2c(Cl)cc(C(F)(F)F)cc2Cl)c1. The summed E-state index contributed by atoms with van der Waals surface area (Å²) in [5, 5.41) is -0.159. The molecule has 0 saturated heterocycles. The normalized spacial score (nSPS) is 11.7. The van der Waals surface area contributed by atoms with E-state index in [-0.39, 0.29) is 10.0 Å². The zero-order valence-electron chi connectivity index (χ0n) is 9.61. The molecule has 1 heterocycles. The maximum atomic E-state index is 12.6. The first-order chi connectivity index (χ1) is 8.82. The first kappa shape index (κ1) is 14.1. The third-order valence-electron chi connectivity index (χ3n) is 2.53. The minimum atomic E-state index is -4.49. The number of aromatic nitrogens is 1. The molecule has 0 aliphatic heterocycles. The van der Waals surface area contributed by atoms with Gasteiger partial charge in [-0.2, -0.15) is 13.2 Å². The molecule has 0 bridgehead atoms. The van der Waals surface area contributed by atoms with Crippen molar-refractivity contribution in [3.63, 3.8) is 0 Å². The van der Waals surface area contributed by atoms with Gasteiger partial charge in [0.1, 0.15) is 5.75 Å². The lowest BCUT2D eigenvalue weighted by Crippen LogP contribution is -2.05. The second-order valence-electron chi connectivity index (χ2n) is 3.77. The van der Waals surface area contributed by atoms with Gasteiger partial charge in [0.05, 0.1) is 28.4 Å². The number of nitrogens with one attached hydrogen (secondary N) is 1. The number of halogens is 5. The van der Waals surface area contributed by atoms with Crippen molar-refractivity contribution in [2.45, 2.75) is 6.18 Å².